The van der Waals surface area contributed by atoms with Gasteiger partial charge < -0.3 is 20.0 Å². The van der Waals surface area contributed by atoms with Crippen LogP contribution in [0, 0.1) is 0 Å². The molecular formula is C42H46N2O2. The van der Waals surface area contributed by atoms with Crippen molar-refractivity contribution < 1.29 is 10.2 Å². The van der Waals surface area contributed by atoms with Gasteiger partial charge in [0.15, 0.2) is 0 Å². The Morgan fingerprint density at radius 2 is 0.913 bits per heavy atom. The number of benzene rings is 6. The number of anilines is 2. The van der Waals surface area contributed by atoms with Crippen LogP contribution in [-0.4, -0.2) is 49.6 Å². The van der Waals surface area contributed by atoms with Crippen LogP contribution in [-0.2, 0) is 0 Å². The highest BCUT2D eigenvalue weighted by molar-refractivity contribution is 6.07. The second-order valence-electron chi connectivity index (χ2n) is 13.5. The van der Waals surface area contributed by atoms with Crippen molar-refractivity contribution in [3.63, 3.8) is 0 Å². The van der Waals surface area contributed by atoms with Crippen molar-refractivity contribution in [3.05, 3.63) is 108 Å². The van der Waals surface area contributed by atoms with E-state index in [-0.39, 0.29) is 11.8 Å². The van der Waals surface area contributed by atoms with E-state index >= 15 is 0 Å². The Balaban J connectivity index is 1.34. The number of hydrogen-bond donors (Lipinski definition) is 2. The summed E-state index contributed by atoms with van der Waals surface area (Å²) >= 11 is 0. The molecule has 0 aromatic heterocycles. The summed E-state index contributed by atoms with van der Waals surface area (Å²) in [5.74, 6) is -0.739. The molecule has 0 bridgehead atoms. The third-order valence-electron chi connectivity index (χ3n) is 10.4. The summed E-state index contributed by atoms with van der Waals surface area (Å²) in [4.78, 5) is 4.69. The van der Waals surface area contributed by atoms with Crippen molar-refractivity contribution in [1.29, 1.82) is 0 Å². The normalized spacial score (nSPS) is 19.6. The molecule has 4 nitrogen and oxygen atoms in total. The minimum atomic E-state index is -0.702. The fourth-order valence-electron chi connectivity index (χ4n) is 7.82. The van der Waals surface area contributed by atoms with Crippen LogP contribution in [0.4, 0.5) is 11.4 Å². The largest absolute Gasteiger partial charge is 0.392 e. The maximum Gasteiger partial charge on any atom is 0.0727 e. The zero-order valence-electron chi connectivity index (χ0n) is 27.6. The molecule has 46 heavy (non-hydrogen) atoms. The minimum Gasteiger partial charge on any atom is -0.392 e. The summed E-state index contributed by atoms with van der Waals surface area (Å²) in [5, 5.41) is 33.3. The van der Waals surface area contributed by atoms with Gasteiger partial charge in [0.2, 0.25) is 0 Å². The quantitative estimate of drug-likeness (QED) is 0.152. The molecule has 0 amide bonds. The van der Waals surface area contributed by atoms with Gasteiger partial charge in [0.1, 0.15) is 0 Å². The zero-order valence-corrected chi connectivity index (χ0v) is 27.6. The van der Waals surface area contributed by atoms with Crippen LogP contribution in [0.15, 0.2) is 97.1 Å². The molecular weight excluding hydrogens is 564 g/mol. The summed E-state index contributed by atoms with van der Waals surface area (Å²) in [6.07, 6.45) is 3.21. The summed E-state index contributed by atoms with van der Waals surface area (Å²) in [6.45, 7) is 6.56. The maximum atomic E-state index is 12.0. The number of aliphatic hydroxyl groups excluding tert-OH is 2. The minimum absolute atomic E-state index is 0.369. The number of rotatable bonds is 10. The predicted molar refractivity (Wildman–Crippen MR) is 197 cm³/mol. The molecule has 0 spiro atoms. The number of aliphatic hydroxyl groups is 2. The fraction of sp³-hybridized carbons (Fsp3) is 0.333. The highest BCUT2D eigenvalue weighted by Crippen LogP contribution is 2.52. The van der Waals surface area contributed by atoms with Crippen molar-refractivity contribution in [3.8, 4) is 0 Å². The molecule has 6 aromatic carbocycles. The summed E-state index contributed by atoms with van der Waals surface area (Å²) in [7, 11) is 4.13. The Bertz CT molecular complexity index is 2010. The van der Waals surface area contributed by atoms with Gasteiger partial charge in [0.25, 0.3) is 0 Å². The van der Waals surface area contributed by atoms with E-state index in [0.717, 1.165) is 77.1 Å². The Labute approximate surface area is 272 Å². The first kappa shape index (κ1) is 30.5. The topological polar surface area (TPSA) is 46.9 Å². The lowest BCUT2D eigenvalue weighted by Crippen LogP contribution is -2.51. The van der Waals surface area contributed by atoms with Gasteiger partial charge in [-0.3, -0.25) is 0 Å². The van der Waals surface area contributed by atoms with Crippen molar-refractivity contribution in [2.75, 3.05) is 37.0 Å². The van der Waals surface area contributed by atoms with Crippen molar-refractivity contribution in [2.24, 2.45) is 0 Å². The molecule has 236 valence electrons. The van der Waals surface area contributed by atoms with Crippen LogP contribution in [0.25, 0.3) is 43.1 Å². The molecule has 2 unspecified atom stereocenters. The van der Waals surface area contributed by atoms with E-state index in [0.29, 0.717) is 0 Å². The van der Waals surface area contributed by atoms with Crippen molar-refractivity contribution in [2.45, 2.75) is 63.6 Å². The van der Waals surface area contributed by atoms with Crippen LogP contribution in [0.2, 0.25) is 0 Å². The number of fused-ring (bicyclic) bond motifs is 4. The highest BCUT2D eigenvalue weighted by Gasteiger charge is 2.51. The van der Waals surface area contributed by atoms with E-state index in [1.165, 1.54) is 27.2 Å². The molecule has 0 radical (unpaired) electrons. The van der Waals surface area contributed by atoms with Gasteiger partial charge in [-0.15, -0.1) is 0 Å². The summed E-state index contributed by atoms with van der Waals surface area (Å²) in [6, 6.07) is 34.7. The lowest BCUT2D eigenvalue weighted by atomic mass is 9.62. The molecule has 1 aliphatic carbocycles. The third-order valence-corrected chi connectivity index (χ3v) is 10.4. The van der Waals surface area contributed by atoms with E-state index in [2.05, 4.69) is 135 Å². The molecule has 0 aliphatic heterocycles. The van der Waals surface area contributed by atoms with E-state index in [1.807, 2.05) is 0 Å². The molecule has 1 fully saturated rings. The van der Waals surface area contributed by atoms with Gasteiger partial charge in [-0.05, 0) is 92.7 Å². The van der Waals surface area contributed by atoms with E-state index in [4.69, 9.17) is 0 Å². The average molecular weight is 611 g/mol. The Morgan fingerprint density at radius 1 is 0.522 bits per heavy atom. The molecule has 1 saturated carbocycles. The molecule has 6 aromatic rings. The predicted octanol–water partition coefficient (Wildman–Crippen LogP) is 9.37. The smallest absolute Gasteiger partial charge is 0.0727 e. The SMILES string of the molecule is CCCCN(CCCC)c1ccc(C2C(O)C(c3ccc(N(C)C)c4cc5ccccc5cc34)C2O)c2cc3ccccc3cc12. The van der Waals surface area contributed by atoms with Gasteiger partial charge in [-0.2, -0.15) is 0 Å². The number of unbranched alkanes of at least 4 members (excludes halogenated alkanes) is 2. The monoisotopic (exact) mass is 610 g/mol. The third kappa shape index (κ3) is 5.18. The number of nitrogens with zero attached hydrogens (tertiary/aromatic N) is 2. The summed E-state index contributed by atoms with van der Waals surface area (Å²) < 4.78 is 0. The number of hydrogen-bond acceptors (Lipinski definition) is 4. The Kier molecular flexibility index (Phi) is 8.35. The van der Waals surface area contributed by atoms with Gasteiger partial charge in [0, 0.05) is 61.2 Å². The zero-order chi connectivity index (χ0) is 31.9. The van der Waals surface area contributed by atoms with Crippen LogP contribution in [0.3, 0.4) is 0 Å². The maximum absolute atomic E-state index is 12.0. The first-order chi connectivity index (χ1) is 22.4. The molecule has 0 saturated heterocycles. The lowest BCUT2D eigenvalue weighted by Gasteiger charge is -2.48. The molecule has 2 atom stereocenters. The van der Waals surface area contributed by atoms with E-state index in [1.54, 1.807) is 0 Å². The Hall–Kier alpha value is -4.12. The first-order valence-electron chi connectivity index (χ1n) is 17.1. The fourth-order valence-corrected chi connectivity index (χ4v) is 7.82. The van der Waals surface area contributed by atoms with Crippen LogP contribution in [0.1, 0.15) is 62.5 Å². The second kappa shape index (κ2) is 12.6. The second-order valence-corrected chi connectivity index (χ2v) is 13.5. The van der Waals surface area contributed by atoms with Gasteiger partial charge in [-0.25, -0.2) is 0 Å². The van der Waals surface area contributed by atoms with Crippen LogP contribution < -0.4 is 9.80 Å². The average Bonchev–Trinajstić information content (AvgIpc) is 3.07. The first-order valence-corrected chi connectivity index (χ1v) is 17.1. The van der Waals surface area contributed by atoms with Crippen LogP contribution in [0.5, 0.6) is 0 Å². The summed E-state index contributed by atoms with van der Waals surface area (Å²) in [5.41, 5.74) is 4.43. The molecule has 1 aliphatic rings. The van der Waals surface area contributed by atoms with E-state index < -0.39 is 12.2 Å². The molecule has 7 rings (SSSR count). The molecule has 2 N–H and O–H groups in total. The van der Waals surface area contributed by atoms with Gasteiger partial charge in [0.05, 0.1) is 12.2 Å². The van der Waals surface area contributed by atoms with Crippen molar-refractivity contribution in [1.82, 2.24) is 0 Å². The highest BCUT2D eigenvalue weighted by atomic mass is 16.3. The Morgan fingerprint density at radius 3 is 1.33 bits per heavy atom. The van der Waals surface area contributed by atoms with Gasteiger partial charge >= 0.3 is 0 Å². The lowest BCUT2D eigenvalue weighted by molar-refractivity contribution is -0.0775. The molecule has 0 heterocycles. The van der Waals surface area contributed by atoms with E-state index in [9.17, 15) is 10.2 Å². The van der Waals surface area contributed by atoms with Crippen molar-refractivity contribution >= 4 is 54.5 Å². The standard InChI is InChI=1S/C42H46N2O2/c1-5-7-21-44(22-8-6-2)38-20-18-32(34-24-28-14-10-12-16-30(28)26-36(34)38)40-41(45)39(42(40)46)31-17-19-37(43(3)4)35-25-29-15-11-9-13-27(29)23-33(31)35/h9-20,23-26,39-42,45-46H,5-8,21-22H2,1-4H3. The van der Waals surface area contributed by atoms with Crippen LogP contribution >= 0.6 is 0 Å². The molecule has 4 heteroatoms. The van der Waals surface area contributed by atoms with Gasteiger partial charge in [-0.1, -0.05) is 87.4 Å².